The Balaban J connectivity index is 2.75. The molecule has 0 saturated carbocycles. The molecule has 1 saturated heterocycles. The highest BCUT2D eigenvalue weighted by molar-refractivity contribution is 5.77. The molecule has 0 aliphatic carbocycles. The summed E-state index contributed by atoms with van der Waals surface area (Å²) in [5, 5.41) is 9.21. The monoisotopic (exact) mass is 310 g/mol. The number of ether oxygens (including phenoxy) is 2. The standard InChI is InChI=1S/C16H30N4O2/c1-4-7-16(21-12-13(2)22-16)15(19,9-10-17)8-5-6-11-20-14(3)18/h13H,4-9,11-12,19H2,1-3H3,(H2,18,20). The van der Waals surface area contributed by atoms with Crippen molar-refractivity contribution >= 4 is 5.84 Å². The van der Waals surface area contributed by atoms with Crippen LogP contribution in [0.1, 0.15) is 59.3 Å². The highest BCUT2D eigenvalue weighted by atomic mass is 16.7. The van der Waals surface area contributed by atoms with Crippen LogP contribution in [0.2, 0.25) is 0 Å². The van der Waals surface area contributed by atoms with Crippen LogP contribution < -0.4 is 11.5 Å². The Morgan fingerprint density at radius 1 is 1.50 bits per heavy atom. The number of hydrogen-bond donors (Lipinski definition) is 2. The van der Waals surface area contributed by atoms with Crippen molar-refractivity contribution in [1.29, 1.82) is 5.26 Å². The smallest absolute Gasteiger partial charge is 0.187 e. The summed E-state index contributed by atoms with van der Waals surface area (Å²) in [6.45, 7) is 7.04. The van der Waals surface area contributed by atoms with E-state index < -0.39 is 11.3 Å². The van der Waals surface area contributed by atoms with Crippen molar-refractivity contribution in [2.75, 3.05) is 13.2 Å². The number of nitrogens with two attached hydrogens (primary N) is 2. The van der Waals surface area contributed by atoms with Gasteiger partial charge in [-0.15, -0.1) is 0 Å². The summed E-state index contributed by atoms with van der Waals surface area (Å²) in [7, 11) is 0. The maximum Gasteiger partial charge on any atom is 0.187 e. The molecule has 22 heavy (non-hydrogen) atoms. The molecule has 0 amide bonds. The summed E-state index contributed by atoms with van der Waals surface area (Å²) in [5.74, 6) is -0.251. The first kappa shape index (κ1) is 18.9. The van der Waals surface area contributed by atoms with Gasteiger partial charge in [-0.3, -0.25) is 4.99 Å². The lowest BCUT2D eigenvalue weighted by molar-refractivity contribution is -0.218. The van der Waals surface area contributed by atoms with Crippen molar-refractivity contribution in [2.45, 2.75) is 76.7 Å². The third-order valence-corrected chi connectivity index (χ3v) is 4.07. The number of aliphatic imine (C=N–C) groups is 1. The van der Waals surface area contributed by atoms with Gasteiger partial charge in [-0.1, -0.05) is 13.3 Å². The number of rotatable bonds is 9. The van der Waals surface area contributed by atoms with Crippen LogP contribution in [0.25, 0.3) is 0 Å². The first-order valence-electron chi connectivity index (χ1n) is 8.13. The lowest BCUT2D eigenvalue weighted by atomic mass is 9.79. The fourth-order valence-electron chi connectivity index (χ4n) is 2.98. The lowest BCUT2D eigenvalue weighted by Gasteiger charge is -2.43. The van der Waals surface area contributed by atoms with Crippen molar-refractivity contribution in [3.8, 4) is 6.07 Å². The molecular weight excluding hydrogens is 280 g/mol. The molecule has 1 fully saturated rings. The lowest BCUT2D eigenvalue weighted by Crippen LogP contribution is -2.61. The normalized spacial score (nSPS) is 28.3. The summed E-state index contributed by atoms with van der Waals surface area (Å²) in [6, 6.07) is 2.21. The van der Waals surface area contributed by atoms with Gasteiger partial charge in [0.15, 0.2) is 5.79 Å². The van der Waals surface area contributed by atoms with Gasteiger partial charge in [0.1, 0.15) is 0 Å². The number of amidine groups is 1. The summed E-state index contributed by atoms with van der Waals surface area (Å²) >= 11 is 0. The van der Waals surface area contributed by atoms with Gasteiger partial charge >= 0.3 is 0 Å². The summed E-state index contributed by atoms with van der Waals surface area (Å²) < 4.78 is 12.0. The first-order chi connectivity index (χ1) is 10.4. The van der Waals surface area contributed by atoms with E-state index >= 15 is 0 Å². The molecule has 6 heteroatoms. The van der Waals surface area contributed by atoms with Gasteiger partial charge in [0.2, 0.25) is 0 Å². The average molecular weight is 310 g/mol. The summed E-state index contributed by atoms with van der Waals surface area (Å²) in [6.07, 6.45) is 4.25. The van der Waals surface area contributed by atoms with Crippen molar-refractivity contribution < 1.29 is 9.47 Å². The maximum atomic E-state index is 9.21. The molecular formula is C16H30N4O2. The number of unbranched alkanes of at least 4 members (excludes halogenated alkanes) is 1. The third kappa shape index (κ3) is 4.67. The second-order valence-electron chi connectivity index (χ2n) is 6.21. The van der Waals surface area contributed by atoms with Crippen molar-refractivity contribution in [2.24, 2.45) is 16.5 Å². The highest BCUT2D eigenvalue weighted by Crippen LogP contribution is 2.41. The first-order valence-corrected chi connectivity index (χ1v) is 8.13. The molecule has 1 aliphatic rings. The van der Waals surface area contributed by atoms with Gasteiger partial charge in [-0.2, -0.15) is 5.26 Å². The second kappa shape index (κ2) is 8.47. The van der Waals surface area contributed by atoms with Crippen LogP contribution in [0, 0.1) is 11.3 Å². The van der Waals surface area contributed by atoms with E-state index in [0.717, 1.165) is 19.3 Å². The Bertz CT molecular complexity index is 413. The Hall–Kier alpha value is -1.16. The van der Waals surface area contributed by atoms with E-state index in [4.69, 9.17) is 20.9 Å². The van der Waals surface area contributed by atoms with Gasteiger partial charge in [-0.05, 0) is 33.1 Å². The van der Waals surface area contributed by atoms with E-state index in [-0.39, 0.29) is 12.5 Å². The molecule has 1 heterocycles. The summed E-state index contributed by atoms with van der Waals surface area (Å²) in [5.41, 5.74) is 11.3. The molecule has 3 atom stereocenters. The molecule has 1 rings (SSSR count). The minimum Gasteiger partial charge on any atom is -0.388 e. The van der Waals surface area contributed by atoms with Gasteiger partial charge in [-0.25, -0.2) is 0 Å². The van der Waals surface area contributed by atoms with E-state index in [1.54, 1.807) is 6.92 Å². The average Bonchev–Trinajstić information content (AvgIpc) is 2.82. The molecule has 0 aromatic carbocycles. The van der Waals surface area contributed by atoms with Crippen LogP contribution in [-0.4, -0.2) is 36.4 Å². The van der Waals surface area contributed by atoms with Crippen molar-refractivity contribution in [1.82, 2.24) is 0 Å². The molecule has 3 unspecified atom stereocenters. The molecule has 0 aromatic rings. The van der Waals surface area contributed by atoms with Crippen LogP contribution in [0.3, 0.4) is 0 Å². The zero-order chi connectivity index (χ0) is 16.6. The van der Waals surface area contributed by atoms with Crippen molar-refractivity contribution in [3.05, 3.63) is 0 Å². The third-order valence-electron chi connectivity index (χ3n) is 4.07. The molecule has 126 valence electrons. The molecule has 6 nitrogen and oxygen atoms in total. The van der Waals surface area contributed by atoms with E-state index in [1.165, 1.54) is 0 Å². The topological polar surface area (TPSA) is 107 Å². The maximum absolute atomic E-state index is 9.21. The zero-order valence-electron chi connectivity index (χ0n) is 14.1. The van der Waals surface area contributed by atoms with Crippen LogP contribution in [0.4, 0.5) is 0 Å². The fraction of sp³-hybridized carbons (Fsp3) is 0.875. The van der Waals surface area contributed by atoms with E-state index in [2.05, 4.69) is 18.0 Å². The Kier molecular flexibility index (Phi) is 7.27. The fourth-order valence-corrected chi connectivity index (χ4v) is 2.98. The Labute approximate surface area is 133 Å². The van der Waals surface area contributed by atoms with Crippen LogP contribution in [0.15, 0.2) is 4.99 Å². The van der Waals surface area contributed by atoms with Crippen LogP contribution >= 0.6 is 0 Å². The van der Waals surface area contributed by atoms with Crippen molar-refractivity contribution in [3.63, 3.8) is 0 Å². The molecule has 4 N–H and O–H groups in total. The van der Waals surface area contributed by atoms with E-state index in [1.807, 2.05) is 6.92 Å². The Morgan fingerprint density at radius 2 is 2.23 bits per heavy atom. The molecule has 0 radical (unpaired) electrons. The number of nitriles is 1. The quantitative estimate of drug-likeness (QED) is 0.385. The van der Waals surface area contributed by atoms with E-state index in [9.17, 15) is 5.26 Å². The van der Waals surface area contributed by atoms with Gasteiger partial charge in [0.25, 0.3) is 0 Å². The molecule has 1 aliphatic heterocycles. The molecule has 0 aromatic heterocycles. The van der Waals surface area contributed by atoms with E-state index in [0.29, 0.717) is 31.8 Å². The SMILES string of the molecule is CCCC1(C(N)(CC#N)CCCCN=C(C)N)OCC(C)O1. The number of nitrogens with zero attached hydrogens (tertiary/aromatic N) is 2. The molecule has 0 spiro atoms. The Morgan fingerprint density at radius 3 is 2.73 bits per heavy atom. The molecule has 0 bridgehead atoms. The second-order valence-corrected chi connectivity index (χ2v) is 6.21. The predicted molar refractivity (Wildman–Crippen MR) is 87.3 cm³/mol. The predicted octanol–water partition coefficient (Wildman–Crippen LogP) is 2.08. The van der Waals surface area contributed by atoms with Crippen LogP contribution in [-0.2, 0) is 9.47 Å². The number of hydrogen-bond acceptors (Lipinski definition) is 5. The van der Waals surface area contributed by atoms with Gasteiger partial charge in [0, 0.05) is 13.0 Å². The minimum atomic E-state index is -0.843. The highest BCUT2D eigenvalue weighted by Gasteiger charge is 2.54. The minimum absolute atomic E-state index is 0.0117. The van der Waals surface area contributed by atoms with Crippen LogP contribution in [0.5, 0.6) is 0 Å². The van der Waals surface area contributed by atoms with Gasteiger partial charge in [0.05, 0.1) is 36.6 Å². The zero-order valence-corrected chi connectivity index (χ0v) is 14.1. The van der Waals surface area contributed by atoms with Gasteiger partial charge < -0.3 is 20.9 Å². The largest absolute Gasteiger partial charge is 0.388 e. The summed E-state index contributed by atoms with van der Waals surface area (Å²) in [4.78, 5) is 4.18.